The summed E-state index contributed by atoms with van der Waals surface area (Å²) in [4.78, 5) is 18.6. The van der Waals surface area contributed by atoms with Crippen LogP contribution in [0.1, 0.15) is 16.7 Å². The van der Waals surface area contributed by atoms with Crippen molar-refractivity contribution < 1.29 is 18.1 Å². The van der Waals surface area contributed by atoms with Gasteiger partial charge in [0, 0.05) is 12.2 Å². The van der Waals surface area contributed by atoms with Crippen LogP contribution in [0.4, 0.5) is 36.2 Å². The van der Waals surface area contributed by atoms with Crippen LogP contribution in [0.3, 0.4) is 0 Å². The van der Waals surface area contributed by atoms with E-state index in [9.17, 15) is 23.3 Å². The van der Waals surface area contributed by atoms with Gasteiger partial charge in [0.25, 0.3) is 0 Å². The van der Waals surface area contributed by atoms with Gasteiger partial charge in [0.1, 0.15) is 6.33 Å². The molecule has 1 heterocycles. The molecule has 7 nitrogen and oxygen atoms in total. The fourth-order valence-electron chi connectivity index (χ4n) is 2.62. The number of anilines is 3. The van der Waals surface area contributed by atoms with Crippen LogP contribution in [0.2, 0.25) is 5.02 Å². The minimum atomic E-state index is -4.67. The van der Waals surface area contributed by atoms with E-state index in [1.807, 2.05) is 31.2 Å². The van der Waals surface area contributed by atoms with Gasteiger partial charge in [-0.15, -0.1) is 0 Å². The third-order valence-corrected chi connectivity index (χ3v) is 4.45. The number of aryl methyl sites for hydroxylation is 1. The Morgan fingerprint density at radius 3 is 2.40 bits per heavy atom. The van der Waals surface area contributed by atoms with Gasteiger partial charge < -0.3 is 10.6 Å². The number of hydrogen-bond donors (Lipinski definition) is 2. The van der Waals surface area contributed by atoms with Crippen LogP contribution in [-0.4, -0.2) is 14.9 Å². The zero-order valence-electron chi connectivity index (χ0n) is 15.5. The molecule has 30 heavy (non-hydrogen) atoms. The van der Waals surface area contributed by atoms with Crippen molar-refractivity contribution in [2.75, 3.05) is 10.6 Å². The van der Waals surface area contributed by atoms with E-state index in [4.69, 9.17) is 11.6 Å². The Morgan fingerprint density at radius 2 is 1.77 bits per heavy atom. The molecule has 3 rings (SSSR count). The predicted molar refractivity (Wildman–Crippen MR) is 107 cm³/mol. The Labute approximate surface area is 174 Å². The molecular formula is C19H15ClF3N5O2. The number of aromatic nitrogens is 2. The second-order valence-corrected chi connectivity index (χ2v) is 6.74. The monoisotopic (exact) mass is 437 g/mol. The summed E-state index contributed by atoms with van der Waals surface area (Å²) in [6, 6.07) is 10.6. The standard InChI is InChI=1S/C19H15ClF3N5O2/c1-11-2-4-12(5-3-11)9-24-17-16(28(29)30)18(26-10-25-17)27-13-6-7-15(20)14(8-13)19(21,22)23/h2-8,10H,9H2,1H3,(H2,24,25,26,27). The molecule has 0 amide bonds. The summed E-state index contributed by atoms with van der Waals surface area (Å²) < 4.78 is 39.2. The number of halogens is 4. The van der Waals surface area contributed by atoms with Crippen LogP contribution in [0.15, 0.2) is 48.8 Å². The van der Waals surface area contributed by atoms with Crippen molar-refractivity contribution in [2.24, 2.45) is 0 Å². The normalized spacial score (nSPS) is 11.2. The average molecular weight is 438 g/mol. The Kier molecular flexibility index (Phi) is 6.06. The van der Waals surface area contributed by atoms with Gasteiger partial charge in [-0.25, -0.2) is 9.97 Å². The number of rotatable bonds is 6. The summed E-state index contributed by atoms with van der Waals surface area (Å²) in [5.41, 5.74) is 0.324. The van der Waals surface area contributed by atoms with Gasteiger partial charge in [0.15, 0.2) is 0 Å². The molecule has 0 aliphatic rings. The molecule has 11 heteroatoms. The van der Waals surface area contributed by atoms with E-state index >= 15 is 0 Å². The molecule has 156 valence electrons. The van der Waals surface area contributed by atoms with Crippen molar-refractivity contribution in [3.05, 3.63) is 80.6 Å². The van der Waals surface area contributed by atoms with Gasteiger partial charge in [-0.3, -0.25) is 10.1 Å². The highest BCUT2D eigenvalue weighted by atomic mass is 35.5. The summed E-state index contributed by atoms with van der Waals surface area (Å²) in [7, 11) is 0. The van der Waals surface area contributed by atoms with Gasteiger partial charge in [-0.1, -0.05) is 41.4 Å². The molecule has 0 aliphatic heterocycles. The Morgan fingerprint density at radius 1 is 1.10 bits per heavy atom. The second kappa shape index (κ2) is 8.54. The van der Waals surface area contributed by atoms with E-state index in [1.165, 1.54) is 6.07 Å². The first kappa shape index (κ1) is 21.3. The van der Waals surface area contributed by atoms with Crippen LogP contribution in [0, 0.1) is 17.0 Å². The molecular weight excluding hydrogens is 423 g/mol. The smallest absolute Gasteiger partial charge is 0.360 e. The van der Waals surface area contributed by atoms with Crippen LogP contribution >= 0.6 is 11.6 Å². The Hall–Kier alpha value is -3.40. The average Bonchev–Trinajstić information content (AvgIpc) is 2.68. The molecule has 0 saturated heterocycles. The van der Waals surface area contributed by atoms with Gasteiger partial charge >= 0.3 is 11.9 Å². The number of benzene rings is 2. The second-order valence-electron chi connectivity index (χ2n) is 6.33. The molecule has 0 atom stereocenters. The van der Waals surface area contributed by atoms with Gasteiger partial charge in [-0.05, 0) is 30.7 Å². The molecule has 0 fully saturated rings. The van der Waals surface area contributed by atoms with Crippen LogP contribution in [-0.2, 0) is 12.7 Å². The highest BCUT2D eigenvalue weighted by molar-refractivity contribution is 6.31. The molecule has 0 bridgehead atoms. The van der Waals surface area contributed by atoms with E-state index < -0.39 is 27.4 Å². The summed E-state index contributed by atoms with van der Waals surface area (Å²) in [6.07, 6.45) is -3.60. The quantitative estimate of drug-likeness (QED) is 0.378. The fourth-order valence-corrected chi connectivity index (χ4v) is 2.85. The molecule has 0 unspecified atom stereocenters. The third kappa shape index (κ3) is 4.95. The highest BCUT2D eigenvalue weighted by Crippen LogP contribution is 2.38. The summed E-state index contributed by atoms with van der Waals surface area (Å²) in [5.74, 6) is -0.320. The van der Waals surface area contributed by atoms with E-state index in [-0.39, 0.29) is 23.9 Å². The van der Waals surface area contributed by atoms with Crippen LogP contribution < -0.4 is 10.6 Å². The first-order chi connectivity index (χ1) is 14.1. The van der Waals surface area contributed by atoms with Crippen molar-refractivity contribution in [3.63, 3.8) is 0 Å². The first-order valence-corrected chi connectivity index (χ1v) is 8.95. The molecule has 3 aromatic rings. The lowest BCUT2D eigenvalue weighted by Crippen LogP contribution is -2.09. The lowest BCUT2D eigenvalue weighted by Gasteiger charge is -2.13. The van der Waals surface area contributed by atoms with Crippen molar-refractivity contribution >= 4 is 34.6 Å². The predicted octanol–water partition coefficient (Wildman–Crippen LogP) is 5.72. The van der Waals surface area contributed by atoms with E-state index in [1.54, 1.807) is 0 Å². The first-order valence-electron chi connectivity index (χ1n) is 8.57. The van der Waals surface area contributed by atoms with Crippen molar-refractivity contribution in [1.29, 1.82) is 0 Å². The maximum absolute atomic E-state index is 13.1. The van der Waals surface area contributed by atoms with E-state index in [0.717, 1.165) is 29.6 Å². The molecule has 2 aromatic carbocycles. The zero-order valence-corrected chi connectivity index (χ0v) is 16.3. The molecule has 0 radical (unpaired) electrons. The van der Waals surface area contributed by atoms with Crippen molar-refractivity contribution in [3.8, 4) is 0 Å². The number of hydrogen-bond acceptors (Lipinski definition) is 6. The van der Waals surface area contributed by atoms with Crippen molar-refractivity contribution in [2.45, 2.75) is 19.6 Å². The number of nitro groups is 1. The summed E-state index contributed by atoms with van der Waals surface area (Å²) in [5, 5.41) is 16.5. The largest absolute Gasteiger partial charge is 0.417 e. The summed E-state index contributed by atoms with van der Waals surface area (Å²) >= 11 is 5.61. The minimum absolute atomic E-state index is 0.0574. The van der Waals surface area contributed by atoms with Crippen molar-refractivity contribution in [1.82, 2.24) is 9.97 Å². The van der Waals surface area contributed by atoms with Crippen LogP contribution in [0.5, 0.6) is 0 Å². The minimum Gasteiger partial charge on any atom is -0.360 e. The molecule has 0 spiro atoms. The van der Waals surface area contributed by atoms with E-state index in [0.29, 0.717) is 0 Å². The number of nitrogens with one attached hydrogen (secondary N) is 2. The van der Waals surface area contributed by atoms with Gasteiger partial charge in [0.2, 0.25) is 11.6 Å². The number of nitrogens with zero attached hydrogens (tertiary/aromatic N) is 3. The highest BCUT2D eigenvalue weighted by Gasteiger charge is 2.33. The zero-order chi connectivity index (χ0) is 21.9. The fraction of sp³-hybridized carbons (Fsp3) is 0.158. The SMILES string of the molecule is Cc1ccc(CNc2ncnc(Nc3ccc(Cl)c(C(F)(F)F)c3)c2[N+](=O)[O-])cc1. The topological polar surface area (TPSA) is 93.0 Å². The molecule has 0 aliphatic carbocycles. The lowest BCUT2D eigenvalue weighted by molar-refractivity contribution is -0.383. The maximum Gasteiger partial charge on any atom is 0.417 e. The third-order valence-electron chi connectivity index (χ3n) is 4.12. The van der Waals surface area contributed by atoms with Gasteiger partial charge in [0.05, 0.1) is 15.5 Å². The molecule has 1 aromatic heterocycles. The number of alkyl halides is 3. The maximum atomic E-state index is 13.1. The Balaban J connectivity index is 1.89. The Bertz CT molecular complexity index is 1070. The van der Waals surface area contributed by atoms with Crippen LogP contribution in [0.25, 0.3) is 0 Å². The van der Waals surface area contributed by atoms with E-state index in [2.05, 4.69) is 20.6 Å². The summed E-state index contributed by atoms with van der Waals surface area (Å²) in [6.45, 7) is 2.20. The molecule has 2 N–H and O–H groups in total. The lowest BCUT2D eigenvalue weighted by atomic mass is 10.1. The van der Waals surface area contributed by atoms with Gasteiger partial charge in [-0.2, -0.15) is 13.2 Å². The molecule has 0 saturated carbocycles.